The second-order valence-corrected chi connectivity index (χ2v) is 2.37. The number of nitrogens with zero attached hydrogens (tertiary/aromatic N) is 1. The summed E-state index contributed by atoms with van der Waals surface area (Å²) in [6, 6.07) is 5.59. The first-order chi connectivity index (χ1) is 4.83. The lowest BCUT2D eigenvalue weighted by Crippen LogP contribution is -2.06. The van der Waals surface area contributed by atoms with Gasteiger partial charge < -0.3 is 5.32 Å². The topological polar surface area (TPSA) is 24.9 Å². The molecule has 0 saturated carbocycles. The molecule has 0 aliphatic rings. The van der Waals surface area contributed by atoms with Gasteiger partial charge in [-0.1, -0.05) is 17.7 Å². The minimum Gasteiger partial charge on any atom is -0.314 e. The fraction of sp³-hybridized carbons (Fsp3) is 0.286. The Kier molecular flexibility index (Phi) is 5.20. The Morgan fingerprint density at radius 3 is 2.82 bits per heavy atom. The van der Waals surface area contributed by atoms with Crippen LogP contribution in [0.5, 0.6) is 0 Å². The number of aromatic nitrogens is 1. The van der Waals surface area contributed by atoms with E-state index in [1.54, 1.807) is 6.07 Å². The average Bonchev–Trinajstić information content (AvgIpc) is 1.88. The molecule has 0 aliphatic heterocycles. The van der Waals surface area contributed by atoms with Crippen molar-refractivity contribution in [1.29, 1.82) is 0 Å². The molecule has 0 bridgehead atoms. The normalized spacial score (nSPS) is 8.91. The quantitative estimate of drug-likeness (QED) is 0.725. The molecule has 0 unspecified atom stereocenters. The number of hydrogen-bond acceptors (Lipinski definition) is 2. The van der Waals surface area contributed by atoms with Crippen LogP contribution in [0, 0.1) is 0 Å². The van der Waals surface area contributed by atoms with Crippen LogP contribution in [-0.4, -0.2) is 12.0 Å². The van der Waals surface area contributed by atoms with Crippen molar-refractivity contribution < 1.29 is 0 Å². The lowest BCUT2D eigenvalue weighted by atomic mass is 10.3. The van der Waals surface area contributed by atoms with Gasteiger partial charge in [-0.3, -0.25) is 0 Å². The maximum Gasteiger partial charge on any atom is 0.129 e. The summed E-state index contributed by atoms with van der Waals surface area (Å²) in [6.45, 7) is 0.764. The van der Waals surface area contributed by atoms with Gasteiger partial charge in [0.15, 0.2) is 0 Å². The summed E-state index contributed by atoms with van der Waals surface area (Å²) < 4.78 is 0. The van der Waals surface area contributed by atoms with Crippen molar-refractivity contribution in [2.75, 3.05) is 7.05 Å². The van der Waals surface area contributed by atoms with Crippen LogP contribution in [0.15, 0.2) is 18.2 Å². The lowest BCUT2D eigenvalue weighted by molar-refractivity contribution is 0.791. The van der Waals surface area contributed by atoms with E-state index in [9.17, 15) is 0 Å². The molecule has 1 aromatic rings. The summed E-state index contributed by atoms with van der Waals surface area (Å²) in [4.78, 5) is 4.07. The molecule has 0 atom stereocenters. The molecular formula is C7H10Cl2N2. The summed E-state index contributed by atoms with van der Waals surface area (Å²) in [7, 11) is 1.88. The molecule has 0 spiro atoms. The van der Waals surface area contributed by atoms with Crippen molar-refractivity contribution in [2.24, 2.45) is 0 Å². The summed E-state index contributed by atoms with van der Waals surface area (Å²) in [5.41, 5.74) is 0.968. The standard InChI is InChI=1S/C7H9ClN2.ClH/c1-9-5-6-3-2-4-7(8)10-6;/h2-4,9H,5H2,1H3;1H. The van der Waals surface area contributed by atoms with Crippen LogP contribution in [0.3, 0.4) is 0 Å². The van der Waals surface area contributed by atoms with E-state index in [0.717, 1.165) is 12.2 Å². The molecule has 62 valence electrons. The molecule has 0 amide bonds. The molecule has 1 heterocycles. The largest absolute Gasteiger partial charge is 0.314 e. The van der Waals surface area contributed by atoms with Gasteiger partial charge in [0, 0.05) is 6.54 Å². The Morgan fingerprint density at radius 2 is 2.27 bits per heavy atom. The number of hydrogen-bond donors (Lipinski definition) is 1. The molecule has 0 fully saturated rings. The third-order valence-electron chi connectivity index (χ3n) is 1.13. The van der Waals surface area contributed by atoms with Crippen LogP contribution >= 0.6 is 24.0 Å². The maximum atomic E-state index is 5.64. The second-order valence-electron chi connectivity index (χ2n) is 1.98. The maximum absolute atomic E-state index is 5.64. The van der Waals surface area contributed by atoms with Gasteiger partial charge in [0.1, 0.15) is 5.15 Å². The highest BCUT2D eigenvalue weighted by Gasteiger charge is 1.91. The van der Waals surface area contributed by atoms with Crippen LogP contribution in [0.2, 0.25) is 5.15 Å². The Labute approximate surface area is 77.4 Å². The smallest absolute Gasteiger partial charge is 0.129 e. The fourth-order valence-electron chi connectivity index (χ4n) is 0.730. The Morgan fingerprint density at radius 1 is 1.55 bits per heavy atom. The van der Waals surface area contributed by atoms with E-state index in [4.69, 9.17) is 11.6 Å². The van der Waals surface area contributed by atoms with Crippen LogP contribution < -0.4 is 5.32 Å². The predicted molar refractivity (Wildman–Crippen MR) is 49.3 cm³/mol. The molecule has 1 aromatic heterocycles. The van der Waals surface area contributed by atoms with Crippen molar-refractivity contribution >= 4 is 24.0 Å². The van der Waals surface area contributed by atoms with E-state index >= 15 is 0 Å². The van der Waals surface area contributed by atoms with Crippen LogP contribution in [-0.2, 0) is 6.54 Å². The second kappa shape index (κ2) is 5.35. The van der Waals surface area contributed by atoms with Crippen molar-refractivity contribution in [3.05, 3.63) is 29.0 Å². The van der Waals surface area contributed by atoms with E-state index in [1.165, 1.54) is 0 Å². The van der Waals surface area contributed by atoms with Gasteiger partial charge >= 0.3 is 0 Å². The van der Waals surface area contributed by atoms with E-state index in [0.29, 0.717) is 5.15 Å². The van der Waals surface area contributed by atoms with Crippen molar-refractivity contribution in [3.63, 3.8) is 0 Å². The van der Waals surface area contributed by atoms with E-state index < -0.39 is 0 Å². The summed E-state index contributed by atoms with van der Waals surface area (Å²) in [6.07, 6.45) is 0. The zero-order chi connectivity index (χ0) is 7.40. The Balaban J connectivity index is 0.000001000. The SMILES string of the molecule is CNCc1cccc(Cl)n1.Cl. The highest BCUT2D eigenvalue weighted by molar-refractivity contribution is 6.29. The zero-order valence-corrected chi connectivity index (χ0v) is 7.75. The van der Waals surface area contributed by atoms with E-state index in [1.807, 2.05) is 19.2 Å². The van der Waals surface area contributed by atoms with E-state index in [2.05, 4.69) is 10.3 Å². The summed E-state index contributed by atoms with van der Waals surface area (Å²) in [5.74, 6) is 0. The zero-order valence-electron chi connectivity index (χ0n) is 6.17. The van der Waals surface area contributed by atoms with Crippen molar-refractivity contribution in [3.8, 4) is 0 Å². The Bertz CT molecular complexity index is 215. The van der Waals surface area contributed by atoms with Gasteiger partial charge in [-0.25, -0.2) is 4.98 Å². The first-order valence-corrected chi connectivity index (χ1v) is 3.47. The number of rotatable bonds is 2. The molecule has 1 N–H and O–H groups in total. The van der Waals surface area contributed by atoms with Crippen molar-refractivity contribution in [2.45, 2.75) is 6.54 Å². The summed E-state index contributed by atoms with van der Waals surface area (Å²) >= 11 is 5.64. The Hall–Kier alpha value is -0.310. The third-order valence-corrected chi connectivity index (χ3v) is 1.34. The van der Waals surface area contributed by atoms with Gasteiger partial charge in [-0.2, -0.15) is 0 Å². The molecule has 4 heteroatoms. The van der Waals surface area contributed by atoms with Gasteiger partial charge in [0.25, 0.3) is 0 Å². The molecule has 0 aromatic carbocycles. The van der Waals surface area contributed by atoms with Crippen molar-refractivity contribution in [1.82, 2.24) is 10.3 Å². The van der Waals surface area contributed by atoms with Gasteiger partial charge in [-0.15, -0.1) is 12.4 Å². The average molecular weight is 193 g/mol. The monoisotopic (exact) mass is 192 g/mol. The molecule has 0 radical (unpaired) electrons. The minimum absolute atomic E-state index is 0. The van der Waals surface area contributed by atoms with Crippen LogP contribution in [0.25, 0.3) is 0 Å². The molecule has 11 heavy (non-hydrogen) atoms. The fourth-order valence-corrected chi connectivity index (χ4v) is 0.911. The predicted octanol–water partition coefficient (Wildman–Crippen LogP) is 1.88. The van der Waals surface area contributed by atoms with Gasteiger partial charge in [0.05, 0.1) is 5.69 Å². The number of nitrogens with one attached hydrogen (secondary N) is 1. The lowest BCUT2D eigenvalue weighted by Gasteiger charge is -1.97. The summed E-state index contributed by atoms with van der Waals surface area (Å²) in [5, 5.41) is 3.54. The highest BCUT2D eigenvalue weighted by atomic mass is 35.5. The minimum atomic E-state index is 0. The number of halogens is 2. The molecule has 2 nitrogen and oxygen atoms in total. The van der Waals surface area contributed by atoms with E-state index in [-0.39, 0.29) is 12.4 Å². The number of pyridine rings is 1. The van der Waals surface area contributed by atoms with Crippen LogP contribution in [0.1, 0.15) is 5.69 Å². The highest BCUT2D eigenvalue weighted by Crippen LogP contribution is 2.03. The van der Waals surface area contributed by atoms with Gasteiger partial charge in [0.2, 0.25) is 0 Å². The molecule has 0 saturated heterocycles. The molecular weight excluding hydrogens is 183 g/mol. The molecule has 0 aliphatic carbocycles. The first-order valence-electron chi connectivity index (χ1n) is 3.09. The van der Waals surface area contributed by atoms with Crippen LogP contribution in [0.4, 0.5) is 0 Å². The first kappa shape index (κ1) is 10.7. The van der Waals surface area contributed by atoms with Gasteiger partial charge in [-0.05, 0) is 19.2 Å². The molecule has 1 rings (SSSR count). The third kappa shape index (κ3) is 3.56.